The molecule has 11 rings (SSSR count). The third-order valence-electron chi connectivity index (χ3n) is 12.5. The van der Waals surface area contributed by atoms with Gasteiger partial charge in [-0.3, -0.25) is 4.57 Å². The molecule has 4 aromatic heterocycles. The van der Waals surface area contributed by atoms with Gasteiger partial charge in [0, 0.05) is 23.0 Å². The molecule has 4 heterocycles. The maximum absolute atomic E-state index is 5.65. The van der Waals surface area contributed by atoms with Crippen LogP contribution in [-0.4, -0.2) is 19.1 Å². The van der Waals surface area contributed by atoms with Gasteiger partial charge in [0.2, 0.25) is 0 Å². The third kappa shape index (κ3) is 6.64. The first-order valence-corrected chi connectivity index (χ1v) is 21.5. The van der Waals surface area contributed by atoms with E-state index in [1.807, 2.05) is 12.3 Å². The molecule has 0 bridgehead atoms. The Kier molecular flexibility index (Phi) is 9.69. The normalized spacial score (nSPS) is 12.2. The number of hydrogen-bond donors (Lipinski definition) is 0. The molecular weight excluding hydrogens is 950 g/mol. The Hall–Kier alpha value is -6.55. The summed E-state index contributed by atoms with van der Waals surface area (Å²) in [6.45, 7) is 16.0. The molecule has 310 valence electrons. The van der Waals surface area contributed by atoms with Crippen molar-refractivity contribution in [3.63, 3.8) is 0 Å². The Morgan fingerprint density at radius 1 is 0.587 bits per heavy atom. The first-order valence-electron chi connectivity index (χ1n) is 21.5. The number of benzene rings is 7. The first-order chi connectivity index (χ1) is 29.9. The smallest absolute Gasteiger partial charge is 0.656 e. The van der Waals surface area contributed by atoms with Crippen molar-refractivity contribution < 1.29 is 21.1 Å². The summed E-state index contributed by atoms with van der Waals surface area (Å²) in [5.41, 5.74) is 16.0. The van der Waals surface area contributed by atoms with Crippen molar-refractivity contribution >= 4 is 54.6 Å². The Morgan fingerprint density at radius 2 is 1.32 bits per heavy atom. The number of aryl methyl sites for hydroxylation is 1. The van der Waals surface area contributed by atoms with Crippen LogP contribution in [0, 0.1) is 13.0 Å². The van der Waals surface area contributed by atoms with Crippen molar-refractivity contribution in [1.29, 1.82) is 0 Å². The molecule has 0 N–H and O–H groups in total. The zero-order valence-electron chi connectivity index (χ0n) is 36.6. The van der Waals surface area contributed by atoms with Gasteiger partial charge in [-0.15, -0.1) is 34.8 Å². The molecule has 0 aliphatic carbocycles. The van der Waals surface area contributed by atoms with Gasteiger partial charge in [0.15, 0.2) is 0 Å². The van der Waals surface area contributed by atoms with Crippen molar-refractivity contribution in [3.05, 3.63) is 181 Å². The molecule has 0 aliphatic heterocycles. The number of rotatable bonds is 5. The first kappa shape index (κ1) is 40.5. The molecule has 11 aromatic rings. The van der Waals surface area contributed by atoms with E-state index in [4.69, 9.17) is 15.0 Å². The van der Waals surface area contributed by atoms with Crippen LogP contribution < -0.4 is 4.98 Å². The van der Waals surface area contributed by atoms with Gasteiger partial charge < -0.3 is 9.55 Å². The van der Waals surface area contributed by atoms with Crippen molar-refractivity contribution in [2.24, 2.45) is 0 Å². The van der Waals surface area contributed by atoms with Crippen LogP contribution in [0.15, 0.2) is 158 Å². The summed E-state index contributed by atoms with van der Waals surface area (Å²) in [7, 11) is 0. The van der Waals surface area contributed by atoms with E-state index in [0.717, 1.165) is 94.4 Å². The summed E-state index contributed by atoms with van der Waals surface area (Å²) in [6.07, 6.45) is 1.88. The fourth-order valence-corrected chi connectivity index (χ4v) is 9.39. The molecule has 0 fully saturated rings. The van der Waals surface area contributed by atoms with Gasteiger partial charge in [0.25, 0.3) is 0 Å². The van der Waals surface area contributed by atoms with Crippen LogP contribution in [0.5, 0.6) is 0 Å². The van der Waals surface area contributed by atoms with E-state index < -0.39 is 0 Å². The quantitative estimate of drug-likeness (QED) is 0.161. The average Bonchev–Trinajstić information content (AvgIpc) is 3.95. The van der Waals surface area contributed by atoms with Crippen LogP contribution in [0.4, 0.5) is 0 Å². The van der Waals surface area contributed by atoms with Gasteiger partial charge in [0.05, 0.1) is 11.0 Å². The van der Waals surface area contributed by atoms with Crippen LogP contribution in [-0.2, 0) is 31.9 Å². The van der Waals surface area contributed by atoms with Crippen LogP contribution in [0.1, 0.15) is 58.2 Å². The number of pyridine rings is 1. The van der Waals surface area contributed by atoms with Crippen molar-refractivity contribution in [2.45, 2.75) is 59.3 Å². The van der Waals surface area contributed by atoms with E-state index >= 15 is 0 Å². The molecular formula is C57H47N5Pt. The van der Waals surface area contributed by atoms with E-state index in [1.54, 1.807) is 0 Å². The zero-order chi connectivity index (χ0) is 42.5. The predicted molar refractivity (Wildman–Crippen MR) is 259 cm³/mol. The average molecular weight is 997 g/mol. The molecule has 0 radical (unpaired) electrons. The molecule has 0 saturated heterocycles. The minimum absolute atomic E-state index is 0. The monoisotopic (exact) mass is 996 g/mol. The summed E-state index contributed by atoms with van der Waals surface area (Å²) in [4.78, 5) is 16.0. The fraction of sp³-hybridized carbons (Fsp3) is 0.158. The fourth-order valence-electron chi connectivity index (χ4n) is 9.39. The second kappa shape index (κ2) is 15.1. The molecule has 0 aliphatic rings. The predicted octanol–water partition coefficient (Wildman–Crippen LogP) is 14.5. The topological polar surface area (TPSA) is 49.7 Å². The molecule has 63 heavy (non-hydrogen) atoms. The summed E-state index contributed by atoms with van der Waals surface area (Å²) in [5.74, 6) is 1.71. The van der Waals surface area contributed by atoms with Gasteiger partial charge in [-0.2, -0.15) is 0 Å². The minimum atomic E-state index is -0.0976. The summed E-state index contributed by atoms with van der Waals surface area (Å²) < 4.78 is 4.61. The molecule has 0 unspecified atom stereocenters. The Balaban J connectivity index is 0.00000471. The Morgan fingerprint density at radius 3 is 2.05 bits per heavy atom. The van der Waals surface area contributed by atoms with Gasteiger partial charge >= 0.3 is 21.1 Å². The molecule has 7 aromatic carbocycles. The largest absolute Gasteiger partial charge is 2.00 e. The molecule has 5 nitrogen and oxygen atoms in total. The SMILES string of the molecule is Cc1ccc2c(c1)[n-]c1c(-c3nc4c(-c5[c-]c6c(cc5)c5c(C(C)(C)C)cc(C(C)(C)C)cc5n6-c5ccccn5)cccc4n3-c3ccccc3)ccc(-c3ccccc3)c12.[Pt+2]. The molecule has 0 amide bonds. The summed E-state index contributed by atoms with van der Waals surface area (Å²) in [5, 5.41) is 4.69. The second-order valence-electron chi connectivity index (χ2n) is 18.7. The summed E-state index contributed by atoms with van der Waals surface area (Å²) >= 11 is 0. The van der Waals surface area contributed by atoms with Crippen molar-refractivity contribution in [1.82, 2.24) is 24.1 Å². The van der Waals surface area contributed by atoms with Gasteiger partial charge in [-0.05, 0) is 98.1 Å². The number of hydrogen-bond acceptors (Lipinski definition) is 2. The van der Waals surface area contributed by atoms with E-state index in [-0.39, 0.29) is 31.9 Å². The number of fused-ring (bicyclic) bond motifs is 7. The van der Waals surface area contributed by atoms with Crippen LogP contribution >= 0.6 is 0 Å². The van der Waals surface area contributed by atoms with Crippen LogP contribution in [0.25, 0.3) is 99.8 Å². The number of nitrogens with zero attached hydrogens (tertiary/aromatic N) is 5. The number of imidazole rings is 1. The zero-order valence-corrected chi connectivity index (χ0v) is 38.8. The maximum atomic E-state index is 5.65. The van der Waals surface area contributed by atoms with Gasteiger partial charge in [0.1, 0.15) is 11.6 Å². The third-order valence-corrected chi connectivity index (χ3v) is 12.5. The van der Waals surface area contributed by atoms with E-state index in [2.05, 4.69) is 209 Å². The molecule has 0 spiro atoms. The van der Waals surface area contributed by atoms with Crippen LogP contribution in [0.3, 0.4) is 0 Å². The van der Waals surface area contributed by atoms with Crippen molar-refractivity contribution in [2.75, 3.05) is 0 Å². The standard InChI is InChI=1S/C57H47N5.Pt/c1-35-24-26-42-46(31-35)59-54-44(29-28-40(51(42)54)36-17-10-8-11-18-36)55-60-53-41(21-16-22-47(53)61(55)39-19-12-9-13-20-39)37-25-27-43-48(32-37)62(50-23-14-15-30-58-50)49-34-38(56(2,3)4)33-45(52(43)49)57(5,6)7;/h8-31,33-34H,1-7H3;/q-2;+2. The summed E-state index contributed by atoms with van der Waals surface area (Å²) in [6, 6.07) is 58.2. The molecule has 6 heteroatoms. The van der Waals surface area contributed by atoms with E-state index in [1.165, 1.54) is 22.1 Å². The van der Waals surface area contributed by atoms with E-state index in [0.29, 0.717) is 0 Å². The Bertz CT molecular complexity index is 3530. The maximum Gasteiger partial charge on any atom is 2.00 e. The second-order valence-corrected chi connectivity index (χ2v) is 18.7. The molecule has 0 saturated carbocycles. The minimum Gasteiger partial charge on any atom is -0.656 e. The molecule has 0 atom stereocenters. The number of para-hydroxylation sites is 2. The van der Waals surface area contributed by atoms with Gasteiger partial charge in [-0.1, -0.05) is 161 Å². The van der Waals surface area contributed by atoms with Crippen LogP contribution in [0.2, 0.25) is 0 Å². The van der Waals surface area contributed by atoms with Crippen molar-refractivity contribution in [3.8, 4) is 45.1 Å². The van der Waals surface area contributed by atoms with E-state index in [9.17, 15) is 0 Å². The Labute approximate surface area is 382 Å². The number of aromatic nitrogens is 5. The van der Waals surface area contributed by atoms with Gasteiger partial charge in [-0.25, -0.2) is 9.97 Å².